The molecule has 0 spiro atoms. The van der Waals surface area contributed by atoms with Crippen molar-refractivity contribution in [2.24, 2.45) is 0 Å². The van der Waals surface area contributed by atoms with Gasteiger partial charge in [0.25, 0.3) is 0 Å². The summed E-state index contributed by atoms with van der Waals surface area (Å²) in [5.74, 6) is -0.0245. The zero-order valence-corrected chi connectivity index (χ0v) is 16.5. The highest BCUT2D eigenvalue weighted by Crippen LogP contribution is 2.15. The van der Waals surface area contributed by atoms with E-state index in [1.165, 1.54) is 0 Å². The number of hydrogen-bond acceptors (Lipinski definition) is 2. The molecule has 0 saturated heterocycles. The standard InChI is InChI=1S/C19H20ClN3O.BrH/c1-2-3-12-22-16-6-4-5-7-17(16)23(19(22)21)13-18(24)14-8-10-15(20)11-9-14;/h4-11,21H,2-3,12-13H2,1H3;1H. The minimum absolute atomic E-state index is 0. The molecular formula is C19H21BrClN3O. The summed E-state index contributed by atoms with van der Waals surface area (Å²) in [5.41, 5.74) is 2.89. The van der Waals surface area contributed by atoms with Gasteiger partial charge in [-0.15, -0.1) is 17.0 Å². The van der Waals surface area contributed by atoms with E-state index in [2.05, 4.69) is 6.92 Å². The van der Waals surface area contributed by atoms with Gasteiger partial charge in [0.05, 0.1) is 17.6 Å². The number of nitrogens with one attached hydrogen (secondary N) is 1. The van der Waals surface area contributed by atoms with Crippen LogP contribution in [0.25, 0.3) is 11.0 Å². The van der Waals surface area contributed by atoms with Crippen LogP contribution in [0.5, 0.6) is 0 Å². The lowest BCUT2D eigenvalue weighted by Crippen LogP contribution is -2.27. The van der Waals surface area contributed by atoms with Crippen LogP contribution >= 0.6 is 28.6 Å². The number of benzene rings is 2. The van der Waals surface area contributed by atoms with Gasteiger partial charge in [0, 0.05) is 17.1 Å². The number of aryl methyl sites for hydroxylation is 1. The van der Waals surface area contributed by atoms with Crippen molar-refractivity contribution in [3.05, 3.63) is 64.7 Å². The second-order valence-corrected chi connectivity index (χ2v) is 6.27. The van der Waals surface area contributed by atoms with E-state index in [1.54, 1.807) is 28.8 Å². The van der Waals surface area contributed by atoms with Gasteiger partial charge < -0.3 is 9.13 Å². The number of para-hydroxylation sites is 2. The number of aromatic nitrogens is 2. The van der Waals surface area contributed by atoms with Crippen molar-refractivity contribution in [2.45, 2.75) is 32.9 Å². The molecule has 3 aromatic rings. The lowest BCUT2D eigenvalue weighted by molar-refractivity contribution is 0.0971. The Bertz CT molecular complexity index is 928. The Morgan fingerprint density at radius 2 is 1.64 bits per heavy atom. The monoisotopic (exact) mass is 421 g/mol. The molecule has 3 rings (SSSR count). The number of imidazole rings is 1. The normalized spacial score (nSPS) is 10.6. The minimum Gasteiger partial charge on any atom is -0.310 e. The highest BCUT2D eigenvalue weighted by molar-refractivity contribution is 8.93. The number of carbonyl (C=O) groups is 1. The molecule has 0 fully saturated rings. The SMILES string of the molecule is Br.CCCCn1c(=N)n(CC(=O)c2ccc(Cl)cc2)c2ccccc21. The van der Waals surface area contributed by atoms with Gasteiger partial charge in [0.15, 0.2) is 5.78 Å². The molecule has 1 heterocycles. The molecule has 0 aliphatic rings. The lowest BCUT2D eigenvalue weighted by atomic mass is 10.1. The molecule has 2 aromatic carbocycles. The summed E-state index contributed by atoms with van der Waals surface area (Å²) in [7, 11) is 0. The maximum Gasteiger partial charge on any atom is 0.203 e. The molecule has 0 aliphatic carbocycles. The molecule has 0 atom stereocenters. The third-order valence-electron chi connectivity index (χ3n) is 4.18. The van der Waals surface area contributed by atoms with Crippen molar-refractivity contribution in [2.75, 3.05) is 0 Å². The van der Waals surface area contributed by atoms with Crippen molar-refractivity contribution >= 4 is 45.4 Å². The largest absolute Gasteiger partial charge is 0.310 e. The quantitative estimate of drug-likeness (QED) is 0.568. The van der Waals surface area contributed by atoms with Gasteiger partial charge in [0.1, 0.15) is 0 Å². The maximum absolute atomic E-state index is 12.6. The number of carbonyl (C=O) groups excluding carboxylic acids is 1. The van der Waals surface area contributed by atoms with E-state index < -0.39 is 0 Å². The van der Waals surface area contributed by atoms with Crippen LogP contribution in [-0.4, -0.2) is 14.9 Å². The zero-order valence-electron chi connectivity index (χ0n) is 14.0. The summed E-state index contributed by atoms with van der Waals surface area (Å²) < 4.78 is 3.76. The Kier molecular flexibility index (Phi) is 6.62. The van der Waals surface area contributed by atoms with Crippen LogP contribution in [0.15, 0.2) is 48.5 Å². The maximum atomic E-state index is 12.6. The first-order valence-corrected chi connectivity index (χ1v) is 8.51. The first-order chi connectivity index (χ1) is 11.6. The number of rotatable bonds is 6. The average Bonchev–Trinajstić information content (AvgIpc) is 2.85. The predicted octanol–water partition coefficient (Wildman–Crippen LogP) is 4.84. The van der Waals surface area contributed by atoms with Gasteiger partial charge in [-0.3, -0.25) is 10.2 Å². The summed E-state index contributed by atoms with van der Waals surface area (Å²) in [4.78, 5) is 12.6. The molecule has 0 amide bonds. The summed E-state index contributed by atoms with van der Waals surface area (Å²) in [5, 5.41) is 9.10. The highest BCUT2D eigenvalue weighted by Gasteiger charge is 2.14. The van der Waals surface area contributed by atoms with Crippen LogP contribution in [0.2, 0.25) is 5.02 Å². The van der Waals surface area contributed by atoms with Crippen molar-refractivity contribution in [1.82, 2.24) is 9.13 Å². The average molecular weight is 423 g/mol. The van der Waals surface area contributed by atoms with Crippen LogP contribution in [0.1, 0.15) is 30.1 Å². The number of unbranched alkanes of at least 4 members (excludes halogenated alkanes) is 1. The Labute approximate surface area is 162 Å². The summed E-state index contributed by atoms with van der Waals surface area (Å²) in [6, 6.07) is 14.8. The van der Waals surface area contributed by atoms with Crippen LogP contribution in [0, 0.1) is 5.41 Å². The molecule has 0 radical (unpaired) electrons. The van der Waals surface area contributed by atoms with E-state index in [4.69, 9.17) is 17.0 Å². The summed E-state index contributed by atoms with van der Waals surface area (Å²) >= 11 is 5.88. The second kappa shape index (κ2) is 8.50. The van der Waals surface area contributed by atoms with Gasteiger partial charge in [-0.1, -0.05) is 37.1 Å². The van der Waals surface area contributed by atoms with E-state index in [1.807, 2.05) is 28.8 Å². The van der Waals surface area contributed by atoms with Gasteiger partial charge in [-0.2, -0.15) is 0 Å². The fourth-order valence-corrected chi connectivity index (χ4v) is 2.99. The van der Waals surface area contributed by atoms with E-state index in [0.717, 1.165) is 30.4 Å². The lowest BCUT2D eigenvalue weighted by Gasteiger charge is -2.05. The van der Waals surface area contributed by atoms with Crippen LogP contribution in [-0.2, 0) is 13.1 Å². The van der Waals surface area contributed by atoms with Crippen molar-refractivity contribution in [3.8, 4) is 0 Å². The van der Waals surface area contributed by atoms with Crippen molar-refractivity contribution < 1.29 is 4.79 Å². The summed E-state index contributed by atoms with van der Waals surface area (Å²) in [6.07, 6.45) is 2.07. The Hall–Kier alpha value is -1.85. The fourth-order valence-electron chi connectivity index (χ4n) is 2.87. The molecule has 0 saturated carbocycles. The topological polar surface area (TPSA) is 50.8 Å². The van der Waals surface area contributed by atoms with E-state index in [9.17, 15) is 4.79 Å². The molecule has 4 nitrogen and oxygen atoms in total. The molecule has 1 aromatic heterocycles. The smallest absolute Gasteiger partial charge is 0.203 e. The third kappa shape index (κ3) is 4.05. The number of fused-ring (bicyclic) bond motifs is 1. The molecule has 1 N–H and O–H groups in total. The Morgan fingerprint density at radius 3 is 2.24 bits per heavy atom. The Balaban J connectivity index is 0.00000225. The van der Waals surface area contributed by atoms with Crippen molar-refractivity contribution in [1.29, 1.82) is 5.41 Å². The zero-order chi connectivity index (χ0) is 17.1. The molecule has 132 valence electrons. The third-order valence-corrected chi connectivity index (χ3v) is 4.43. The van der Waals surface area contributed by atoms with Gasteiger partial charge in [0.2, 0.25) is 5.62 Å². The van der Waals surface area contributed by atoms with Crippen LogP contribution < -0.4 is 5.62 Å². The number of ketones is 1. The highest BCUT2D eigenvalue weighted by atomic mass is 79.9. The van der Waals surface area contributed by atoms with Crippen molar-refractivity contribution in [3.63, 3.8) is 0 Å². The number of halogens is 2. The second-order valence-electron chi connectivity index (χ2n) is 5.83. The van der Waals surface area contributed by atoms with E-state index in [0.29, 0.717) is 16.2 Å². The summed E-state index contributed by atoms with van der Waals surface area (Å²) in [6.45, 7) is 3.07. The first-order valence-electron chi connectivity index (χ1n) is 8.13. The van der Waals surface area contributed by atoms with Gasteiger partial charge in [-0.25, -0.2) is 0 Å². The van der Waals surface area contributed by atoms with Crippen LogP contribution in [0.3, 0.4) is 0 Å². The molecule has 25 heavy (non-hydrogen) atoms. The number of hydrogen-bond donors (Lipinski definition) is 1. The fraction of sp³-hybridized carbons (Fsp3) is 0.263. The van der Waals surface area contributed by atoms with E-state index in [-0.39, 0.29) is 29.3 Å². The number of nitrogens with zero attached hydrogens (tertiary/aromatic N) is 2. The van der Waals surface area contributed by atoms with E-state index >= 15 is 0 Å². The number of Topliss-reactive ketones (excluding diaryl/α,β-unsaturated/α-hetero) is 1. The predicted molar refractivity (Wildman–Crippen MR) is 107 cm³/mol. The van der Waals surface area contributed by atoms with Gasteiger partial charge >= 0.3 is 0 Å². The Morgan fingerprint density at radius 1 is 1.04 bits per heavy atom. The molecular weight excluding hydrogens is 402 g/mol. The molecule has 0 bridgehead atoms. The molecule has 0 unspecified atom stereocenters. The minimum atomic E-state index is -0.0245. The molecule has 0 aliphatic heterocycles. The first kappa shape index (κ1) is 19.5. The van der Waals surface area contributed by atoms with Crippen LogP contribution in [0.4, 0.5) is 0 Å². The van der Waals surface area contributed by atoms with Gasteiger partial charge in [-0.05, 0) is 42.8 Å². The molecule has 6 heteroatoms.